The number of amides is 1. The van der Waals surface area contributed by atoms with Crippen LogP contribution in [0.1, 0.15) is 34.0 Å². The van der Waals surface area contributed by atoms with Gasteiger partial charge in [0.2, 0.25) is 5.91 Å². The van der Waals surface area contributed by atoms with E-state index < -0.39 is 5.97 Å². The Morgan fingerprint density at radius 3 is 2.63 bits per heavy atom. The lowest BCUT2D eigenvalue weighted by Gasteiger charge is -2.24. The third kappa shape index (κ3) is 4.03. The number of aromatic carboxylic acids is 1. The predicted octanol–water partition coefficient (Wildman–Crippen LogP) is 2.63. The number of hydrogen-bond donors (Lipinski definition) is 1. The highest BCUT2D eigenvalue weighted by molar-refractivity contribution is 7.15. The first-order valence-corrected chi connectivity index (χ1v) is 9.10. The second kappa shape index (κ2) is 7.67. The van der Waals surface area contributed by atoms with Crippen molar-refractivity contribution in [2.45, 2.75) is 26.4 Å². The van der Waals surface area contributed by atoms with Gasteiger partial charge in [0.15, 0.2) is 5.69 Å². The lowest BCUT2D eigenvalue weighted by atomic mass is 10.2. The molecule has 3 aromatic rings. The summed E-state index contributed by atoms with van der Waals surface area (Å²) in [5.74, 6) is -1.37. The number of aryl methyl sites for hydroxylation is 1. The number of carbonyl (C=O) groups excluding carboxylic acids is 1. The van der Waals surface area contributed by atoms with Gasteiger partial charge in [-0.25, -0.2) is 14.5 Å². The maximum absolute atomic E-state index is 12.6. The van der Waals surface area contributed by atoms with E-state index in [0.29, 0.717) is 0 Å². The van der Waals surface area contributed by atoms with Crippen LogP contribution in [0.25, 0.3) is 10.6 Å². The summed E-state index contributed by atoms with van der Waals surface area (Å²) in [7, 11) is 1.71. The summed E-state index contributed by atoms with van der Waals surface area (Å²) in [5.41, 5.74) is 1.74. The average molecular weight is 385 g/mol. The molecule has 9 heteroatoms. The van der Waals surface area contributed by atoms with Crippen molar-refractivity contribution in [2.75, 3.05) is 7.05 Å². The topological polar surface area (TPSA) is 101 Å². The van der Waals surface area contributed by atoms with E-state index in [1.165, 1.54) is 10.9 Å². The maximum Gasteiger partial charge on any atom is 0.358 e. The smallest absolute Gasteiger partial charge is 0.358 e. The Balaban J connectivity index is 1.74. The molecular formula is C18H19N5O3S. The molecule has 1 atom stereocenters. The number of thiazole rings is 1. The van der Waals surface area contributed by atoms with Crippen LogP contribution in [0.2, 0.25) is 0 Å². The molecular weight excluding hydrogens is 366 g/mol. The maximum atomic E-state index is 12.6. The molecule has 0 saturated heterocycles. The van der Waals surface area contributed by atoms with Crippen LogP contribution in [-0.2, 0) is 11.3 Å². The first-order chi connectivity index (χ1) is 12.9. The Morgan fingerprint density at radius 2 is 2.00 bits per heavy atom. The molecule has 3 rings (SSSR count). The van der Waals surface area contributed by atoms with Crippen molar-refractivity contribution >= 4 is 23.2 Å². The molecule has 2 aromatic heterocycles. The third-order valence-electron chi connectivity index (χ3n) is 4.26. The highest BCUT2D eigenvalue weighted by Gasteiger charge is 2.23. The minimum absolute atomic E-state index is 0.0789. The fourth-order valence-corrected chi connectivity index (χ4v) is 3.78. The van der Waals surface area contributed by atoms with Gasteiger partial charge in [-0.2, -0.15) is 0 Å². The molecule has 27 heavy (non-hydrogen) atoms. The Hall–Kier alpha value is -3.07. The van der Waals surface area contributed by atoms with E-state index >= 15 is 0 Å². The number of likely N-dealkylation sites (N-methyl/N-ethyl adjacent to an activating group) is 1. The second-order valence-electron chi connectivity index (χ2n) is 6.12. The molecule has 1 N–H and O–H groups in total. The van der Waals surface area contributed by atoms with Crippen molar-refractivity contribution in [3.05, 3.63) is 52.8 Å². The van der Waals surface area contributed by atoms with Crippen molar-refractivity contribution in [3.8, 4) is 10.6 Å². The fraction of sp³-hybridized carbons (Fsp3) is 0.278. The summed E-state index contributed by atoms with van der Waals surface area (Å²) < 4.78 is 1.23. The largest absolute Gasteiger partial charge is 0.476 e. The average Bonchev–Trinajstić information content (AvgIpc) is 3.28. The van der Waals surface area contributed by atoms with Gasteiger partial charge in [0, 0.05) is 12.6 Å². The van der Waals surface area contributed by atoms with Gasteiger partial charge in [0.25, 0.3) is 0 Å². The van der Waals surface area contributed by atoms with E-state index in [-0.39, 0.29) is 24.2 Å². The van der Waals surface area contributed by atoms with Crippen molar-refractivity contribution in [1.82, 2.24) is 24.9 Å². The molecule has 0 radical (unpaired) electrons. The van der Waals surface area contributed by atoms with E-state index in [1.807, 2.05) is 44.2 Å². The molecule has 0 bridgehead atoms. The first kappa shape index (κ1) is 18.7. The van der Waals surface area contributed by atoms with Gasteiger partial charge in [0.05, 0.1) is 22.8 Å². The van der Waals surface area contributed by atoms with E-state index in [0.717, 1.165) is 21.1 Å². The first-order valence-electron chi connectivity index (χ1n) is 8.28. The van der Waals surface area contributed by atoms with Crippen LogP contribution in [-0.4, -0.2) is 48.9 Å². The van der Waals surface area contributed by atoms with E-state index in [9.17, 15) is 9.59 Å². The zero-order chi connectivity index (χ0) is 19.6. The van der Waals surface area contributed by atoms with Gasteiger partial charge in [-0.3, -0.25) is 4.79 Å². The van der Waals surface area contributed by atoms with Crippen LogP contribution < -0.4 is 0 Å². The number of rotatable bonds is 6. The summed E-state index contributed by atoms with van der Waals surface area (Å²) in [6, 6.07) is 9.73. The molecule has 0 aliphatic rings. The van der Waals surface area contributed by atoms with Gasteiger partial charge in [-0.1, -0.05) is 35.5 Å². The Morgan fingerprint density at radius 1 is 1.30 bits per heavy atom. The summed E-state index contributed by atoms with van der Waals surface area (Å²) in [4.78, 5) is 30.7. The normalized spacial score (nSPS) is 12.0. The minimum atomic E-state index is -1.18. The Labute approximate surface area is 160 Å². The van der Waals surface area contributed by atoms with Crippen molar-refractivity contribution in [3.63, 3.8) is 0 Å². The highest BCUT2D eigenvalue weighted by atomic mass is 32.1. The molecule has 1 unspecified atom stereocenters. The highest BCUT2D eigenvalue weighted by Crippen LogP contribution is 2.33. The lowest BCUT2D eigenvalue weighted by molar-refractivity contribution is -0.132. The predicted molar refractivity (Wildman–Crippen MR) is 100 cm³/mol. The van der Waals surface area contributed by atoms with Gasteiger partial charge in [-0.05, 0) is 13.8 Å². The molecule has 8 nitrogen and oxygen atoms in total. The Bertz CT molecular complexity index is 967. The van der Waals surface area contributed by atoms with Crippen LogP contribution in [0.3, 0.4) is 0 Å². The number of carbonyl (C=O) groups is 2. The summed E-state index contributed by atoms with van der Waals surface area (Å²) in [5, 5.41) is 17.0. The molecule has 0 spiro atoms. The Kier molecular flexibility index (Phi) is 5.31. The van der Waals surface area contributed by atoms with Crippen LogP contribution >= 0.6 is 11.3 Å². The molecule has 0 fully saturated rings. The standard InChI is InChI=1S/C18H19N5O3S/c1-11-16(27-17(19-11)13-7-5-4-6-8-13)12(2)22(3)15(24)10-23-9-14(18(25)26)20-21-23/h4-9,12H,10H2,1-3H3,(H,25,26). The number of benzene rings is 1. The molecule has 1 aromatic carbocycles. The molecule has 0 aliphatic carbocycles. The number of aromatic nitrogens is 4. The van der Waals surface area contributed by atoms with Crippen molar-refractivity contribution in [2.24, 2.45) is 0 Å². The van der Waals surface area contributed by atoms with E-state index in [2.05, 4.69) is 15.3 Å². The quantitative estimate of drug-likeness (QED) is 0.700. The fourth-order valence-electron chi connectivity index (χ4n) is 2.62. The third-order valence-corrected chi connectivity index (χ3v) is 5.64. The molecule has 1 amide bonds. The summed E-state index contributed by atoms with van der Waals surface area (Å²) >= 11 is 1.56. The van der Waals surface area contributed by atoms with Crippen molar-refractivity contribution < 1.29 is 14.7 Å². The zero-order valence-corrected chi connectivity index (χ0v) is 16.0. The molecule has 0 aliphatic heterocycles. The lowest BCUT2D eigenvalue weighted by Crippen LogP contribution is -2.32. The zero-order valence-electron chi connectivity index (χ0n) is 15.2. The minimum Gasteiger partial charge on any atom is -0.476 e. The molecule has 0 saturated carbocycles. The van der Waals surface area contributed by atoms with Gasteiger partial charge < -0.3 is 10.0 Å². The molecule has 140 valence electrons. The van der Waals surface area contributed by atoms with Crippen LogP contribution in [0.5, 0.6) is 0 Å². The SMILES string of the molecule is Cc1nc(-c2ccccc2)sc1C(C)N(C)C(=O)Cn1cc(C(=O)O)nn1. The number of nitrogens with zero attached hydrogens (tertiary/aromatic N) is 5. The van der Waals surface area contributed by atoms with Gasteiger partial charge in [0.1, 0.15) is 11.6 Å². The summed E-state index contributed by atoms with van der Waals surface area (Å²) in [6.07, 6.45) is 1.24. The van der Waals surface area contributed by atoms with Gasteiger partial charge in [-0.15, -0.1) is 16.4 Å². The van der Waals surface area contributed by atoms with Crippen LogP contribution in [0, 0.1) is 6.92 Å². The van der Waals surface area contributed by atoms with Crippen LogP contribution in [0.4, 0.5) is 0 Å². The van der Waals surface area contributed by atoms with Crippen molar-refractivity contribution in [1.29, 1.82) is 0 Å². The molecule has 2 heterocycles. The number of carboxylic acid groups (broad SMARTS) is 1. The number of carboxylic acids is 1. The van der Waals surface area contributed by atoms with E-state index in [4.69, 9.17) is 5.11 Å². The van der Waals surface area contributed by atoms with E-state index in [1.54, 1.807) is 23.3 Å². The van der Waals surface area contributed by atoms with Gasteiger partial charge >= 0.3 is 5.97 Å². The summed E-state index contributed by atoms with van der Waals surface area (Å²) in [6.45, 7) is 3.80. The number of hydrogen-bond acceptors (Lipinski definition) is 6. The second-order valence-corrected chi connectivity index (χ2v) is 7.15. The van der Waals surface area contributed by atoms with Crippen LogP contribution in [0.15, 0.2) is 36.5 Å². The monoisotopic (exact) mass is 385 g/mol.